The fourth-order valence-electron chi connectivity index (χ4n) is 2.95. The van der Waals surface area contributed by atoms with E-state index < -0.39 is 29.4 Å². The van der Waals surface area contributed by atoms with Crippen molar-refractivity contribution in [2.24, 2.45) is 0 Å². The van der Waals surface area contributed by atoms with Gasteiger partial charge in [-0.25, -0.2) is 13.6 Å². The van der Waals surface area contributed by atoms with Crippen LogP contribution in [-0.4, -0.2) is 55.4 Å². The van der Waals surface area contributed by atoms with Crippen molar-refractivity contribution in [2.75, 3.05) is 37.6 Å². The lowest BCUT2D eigenvalue weighted by Gasteiger charge is -2.22. The molecule has 0 radical (unpaired) electrons. The summed E-state index contributed by atoms with van der Waals surface area (Å²) in [6, 6.07) is 8.79. The minimum atomic E-state index is -1.24. The minimum absolute atomic E-state index is 0.0276. The van der Waals surface area contributed by atoms with Gasteiger partial charge in [-0.2, -0.15) is 5.10 Å². The molecule has 1 heterocycles. The highest BCUT2D eigenvalue weighted by Gasteiger charge is 2.22. The highest BCUT2D eigenvalue weighted by atomic mass is 35.5. The van der Waals surface area contributed by atoms with Gasteiger partial charge in [-0.3, -0.25) is 14.7 Å². The average Bonchev–Trinajstić information content (AvgIpc) is 3.29. The van der Waals surface area contributed by atoms with Gasteiger partial charge in [0.15, 0.2) is 17.5 Å². The van der Waals surface area contributed by atoms with Crippen LogP contribution in [0.5, 0.6) is 0 Å². The normalized spacial score (nSPS) is 10.6. The average molecular weight is 493 g/mol. The van der Waals surface area contributed by atoms with E-state index in [1.807, 2.05) is 0 Å². The number of aromatic nitrogens is 2. The van der Waals surface area contributed by atoms with Gasteiger partial charge in [-0.1, -0.05) is 11.6 Å². The van der Waals surface area contributed by atoms with Gasteiger partial charge in [0.2, 0.25) is 0 Å². The van der Waals surface area contributed by atoms with E-state index in [4.69, 9.17) is 16.3 Å². The molecule has 0 bridgehead atoms. The lowest BCUT2D eigenvalue weighted by molar-refractivity contribution is 0.0600. The number of methoxy groups -OCH3 is 2. The summed E-state index contributed by atoms with van der Waals surface area (Å²) in [6.45, 7) is 0.398. The summed E-state index contributed by atoms with van der Waals surface area (Å²) in [4.78, 5) is 38.5. The molecule has 3 aromatic rings. The molecule has 34 heavy (non-hydrogen) atoms. The maximum absolute atomic E-state index is 13.5. The van der Waals surface area contributed by atoms with E-state index in [1.165, 1.54) is 37.3 Å². The van der Waals surface area contributed by atoms with Crippen molar-refractivity contribution in [1.82, 2.24) is 10.2 Å². The number of anilines is 2. The number of nitrogens with zero attached hydrogens (tertiary/aromatic N) is 2. The Balaban J connectivity index is 1.80. The Morgan fingerprint density at radius 2 is 1.76 bits per heavy atom. The van der Waals surface area contributed by atoms with Crippen molar-refractivity contribution in [1.29, 1.82) is 0 Å². The van der Waals surface area contributed by atoms with E-state index in [0.29, 0.717) is 23.4 Å². The van der Waals surface area contributed by atoms with Gasteiger partial charge >= 0.3 is 5.97 Å². The molecule has 1 aromatic heterocycles. The minimum Gasteiger partial charge on any atom is -0.465 e. The summed E-state index contributed by atoms with van der Waals surface area (Å²) >= 11 is 5.82. The number of benzene rings is 2. The maximum atomic E-state index is 13.5. The first-order chi connectivity index (χ1) is 16.2. The van der Waals surface area contributed by atoms with E-state index in [2.05, 4.69) is 20.3 Å². The van der Waals surface area contributed by atoms with Crippen molar-refractivity contribution < 1.29 is 32.6 Å². The Labute approximate surface area is 197 Å². The number of hydrogen-bond donors (Lipinski definition) is 2. The predicted octanol–water partition coefficient (Wildman–Crippen LogP) is 3.67. The standard InChI is InChI=1S/C22H19ClF2N4O5/c1-33-8-7-29(13-5-3-12(4-6-13)22(32)34-2)21(31)18-11-19(28-27-18)26-20(30)14-9-16(24)17(25)10-15(14)23/h3-6,9-11H,7-8H2,1-2H3,(H2,26,27,28,30). The summed E-state index contributed by atoms with van der Waals surface area (Å²) < 4.78 is 36.5. The molecule has 0 aliphatic heterocycles. The molecule has 0 saturated carbocycles. The van der Waals surface area contributed by atoms with E-state index in [1.54, 1.807) is 12.1 Å². The second kappa shape index (κ2) is 10.9. The number of ether oxygens (including phenoxy) is 2. The molecule has 9 nitrogen and oxygen atoms in total. The van der Waals surface area contributed by atoms with Gasteiger partial charge in [-0.15, -0.1) is 0 Å². The molecular formula is C22H19ClF2N4O5. The third-order valence-electron chi connectivity index (χ3n) is 4.67. The second-order valence-electron chi connectivity index (χ2n) is 6.86. The van der Waals surface area contributed by atoms with Crippen LogP contribution in [0.4, 0.5) is 20.3 Å². The topological polar surface area (TPSA) is 114 Å². The molecule has 0 aliphatic carbocycles. The van der Waals surface area contributed by atoms with Gasteiger partial charge in [0.05, 0.1) is 29.9 Å². The van der Waals surface area contributed by atoms with Crippen LogP contribution in [0.1, 0.15) is 31.2 Å². The van der Waals surface area contributed by atoms with Crippen LogP contribution in [0.25, 0.3) is 0 Å². The second-order valence-corrected chi connectivity index (χ2v) is 7.26. The summed E-state index contributed by atoms with van der Waals surface area (Å²) in [7, 11) is 2.75. The molecule has 0 unspecified atom stereocenters. The van der Waals surface area contributed by atoms with Crippen LogP contribution in [0.3, 0.4) is 0 Å². The number of halogens is 3. The number of carbonyl (C=O) groups excluding carboxylic acids is 3. The molecule has 2 amide bonds. The molecule has 3 rings (SSSR count). The highest BCUT2D eigenvalue weighted by molar-refractivity contribution is 6.34. The van der Waals surface area contributed by atoms with Crippen molar-refractivity contribution in [3.63, 3.8) is 0 Å². The number of carbonyl (C=O) groups is 3. The largest absolute Gasteiger partial charge is 0.465 e. The molecule has 178 valence electrons. The van der Waals surface area contributed by atoms with Crippen LogP contribution < -0.4 is 10.2 Å². The Morgan fingerprint density at radius 3 is 2.41 bits per heavy atom. The molecule has 2 aromatic carbocycles. The van der Waals surface area contributed by atoms with Crippen LogP contribution in [0.15, 0.2) is 42.5 Å². The number of H-pyrrole nitrogens is 1. The first-order valence-electron chi connectivity index (χ1n) is 9.75. The Hall–Kier alpha value is -3.83. The van der Waals surface area contributed by atoms with E-state index in [9.17, 15) is 23.2 Å². The lowest BCUT2D eigenvalue weighted by atomic mass is 10.2. The molecule has 0 aliphatic rings. The number of amides is 2. The van der Waals surface area contributed by atoms with Crippen molar-refractivity contribution in [2.45, 2.75) is 0 Å². The van der Waals surface area contributed by atoms with Crippen LogP contribution >= 0.6 is 11.6 Å². The van der Waals surface area contributed by atoms with E-state index in [0.717, 1.165) is 0 Å². The SMILES string of the molecule is COCCN(C(=O)c1cc(NC(=O)c2cc(F)c(F)cc2Cl)n[nH]1)c1ccc(C(=O)OC)cc1. The molecule has 0 saturated heterocycles. The summed E-state index contributed by atoms with van der Waals surface area (Å²) in [5.41, 5.74) is 0.514. The number of esters is 1. The zero-order chi connectivity index (χ0) is 24.8. The van der Waals surface area contributed by atoms with E-state index >= 15 is 0 Å². The Kier molecular flexibility index (Phi) is 7.92. The molecule has 0 fully saturated rings. The van der Waals surface area contributed by atoms with Gasteiger partial charge < -0.3 is 19.7 Å². The maximum Gasteiger partial charge on any atom is 0.337 e. The van der Waals surface area contributed by atoms with Gasteiger partial charge in [-0.05, 0) is 36.4 Å². The summed E-state index contributed by atoms with van der Waals surface area (Å²) in [6.07, 6.45) is 0. The molecule has 0 atom stereocenters. The quantitative estimate of drug-likeness (QED) is 0.366. The van der Waals surface area contributed by atoms with Crippen LogP contribution in [-0.2, 0) is 9.47 Å². The van der Waals surface area contributed by atoms with E-state index in [-0.39, 0.29) is 35.2 Å². The Morgan fingerprint density at radius 1 is 1.09 bits per heavy atom. The zero-order valence-electron chi connectivity index (χ0n) is 18.0. The fourth-order valence-corrected chi connectivity index (χ4v) is 3.18. The molecular weight excluding hydrogens is 474 g/mol. The third-order valence-corrected chi connectivity index (χ3v) is 4.98. The number of rotatable bonds is 8. The first-order valence-corrected chi connectivity index (χ1v) is 10.1. The number of aromatic amines is 1. The highest BCUT2D eigenvalue weighted by Crippen LogP contribution is 2.22. The summed E-state index contributed by atoms with van der Waals surface area (Å²) in [5, 5.41) is 8.47. The van der Waals surface area contributed by atoms with Crippen LogP contribution in [0.2, 0.25) is 5.02 Å². The zero-order valence-corrected chi connectivity index (χ0v) is 18.8. The predicted molar refractivity (Wildman–Crippen MR) is 119 cm³/mol. The van der Waals surface area contributed by atoms with Crippen molar-refractivity contribution >= 4 is 40.9 Å². The molecule has 12 heteroatoms. The van der Waals surface area contributed by atoms with Crippen LogP contribution in [0, 0.1) is 11.6 Å². The fraction of sp³-hybridized carbons (Fsp3) is 0.182. The van der Waals surface area contributed by atoms with Gasteiger partial charge in [0.1, 0.15) is 5.69 Å². The molecule has 2 N–H and O–H groups in total. The first kappa shape index (κ1) is 24.8. The number of hydrogen-bond acceptors (Lipinski definition) is 6. The monoisotopic (exact) mass is 492 g/mol. The third kappa shape index (κ3) is 5.56. The lowest BCUT2D eigenvalue weighted by Crippen LogP contribution is -2.34. The smallest absolute Gasteiger partial charge is 0.337 e. The Bertz CT molecular complexity index is 1220. The summed E-state index contributed by atoms with van der Waals surface area (Å²) in [5.74, 6) is -4.33. The van der Waals surface area contributed by atoms with Gasteiger partial charge in [0.25, 0.3) is 11.8 Å². The number of nitrogens with one attached hydrogen (secondary N) is 2. The molecule has 0 spiro atoms. The van der Waals surface area contributed by atoms with Gasteiger partial charge in [0, 0.05) is 25.4 Å². The van der Waals surface area contributed by atoms with Crippen molar-refractivity contribution in [3.8, 4) is 0 Å². The van der Waals surface area contributed by atoms with Crippen molar-refractivity contribution in [3.05, 3.63) is 75.9 Å².